The van der Waals surface area contributed by atoms with Gasteiger partial charge in [0.25, 0.3) is 10.0 Å². The number of amides is 1. The normalized spacial score (nSPS) is 15.5. The van der Waals surface area contributed by atoms with Crippen molar-refractivity contribution in [2.75, 3.05) is 28.0 Å². The van der Waals surface area contributed by atoms with Crippen LogP contribution in [-0.4, -0.2) is 47.6 Å². The maximum absolute atomic E-state index is 13.1. The minimum absolute atomic E-state index is 0.0591. The number of rotatable bonds is 7. The number of halogens is 1. The zero-order chi connectivity index (χ0) is 28.3. The molecule has 2 N–H and O–H groups in total. The van der Waals surface area contributed by atoms with E-state index in [9.17, 15) is 13.2 Å². The van der Waals surface area contributed by atoms with Crippen molar-refractivity contribution in [3.63, 3.8) is 0 Å². The van der Waals surface area contributed by atoms with Gasteiger partial charge in [-0.25, -0.2) is 18.4 Å². The zero-order valence-corrected chi connectivity index (χ0v) is 23.6. The molecule has 206 valence electrons. The average Bonchev–Trinajstić information content (AvgIpc) is 2.93. The second-order valence-corrected chi connectivity index (χ2v) is 11.7. The van der Waals surface area contributed by atoms with Crippen molar-refractivity contribution < 1.29 is 13.2 Å². The molecule has 0 radical (unpaired) electrons. The number of nitrogens with zero attached hydrogens (tertiary/aromatic N) is 5. The van der Waals surface area contributed by atoms with E-state index in [1.54, 1.807) is 32.0 Å². The third-order valence-corrected chi connectivity index (χ3v) is 8.17. The van der Waals surface area contributed by atoms with Gasteiger partial charge in [0.1, 0.15) is 11.6 Å². The lowest BCUT2D eigenvalue weighted by molar-refractivity contribution is -0.120. The molecule has 4 aromatic rings. The summed E-state index contributed by atoms with van der Waals surface area (Å²) in [6.45, 7) is 4.75. The number of nitrogens with one attached hydrogen (secondary N) is 2. The molecule has 0 saturated carbocycles. The topological polar surface area (TPSA) is 130 Å². The molecule has 2 aromatic carbocycles. The fraction of sp³-hybridized carbons (Fsp3) is 0.250. The van der Waals surface area contributed by atoms with Crippen LogP contribution < -0.4 is 14.9 Å². The predicted octanol–water partition coefficient (Wildman–Crippen LogP) is 4.86. The highest BCUT2D eigenvalue weighted by molar-refractivity contribution is 7.92. The Bertz CT molecular complexity index is 1590. The lowest BCUT2D eigenvalue weighted by Gasteiger charge is -2.32. The summed E-state index contributed by atoms with van der Waals surface area (Å²) in [6.07, 6.45) is 1.58. The largest absolute Gasteiger partial charge is 0.354 e. The molecular weight excluding hydrogens is 550 g/mol. The van der Waals surface area contributed by atoms with Crippen molar-refractivity contribution in [1.82, 2.24) is 20.2 Å². The lowest BCUT2D eigenvalue weighted by Crippen LogP contribution is -2.41. The molecule has 1 aliphatic rings. The highest BCUT2D eigenvalue weighted by Gasteiger charge is 2.27. The van der Waals surface area contributed by atoms with E-state index < -0.39 is 10.0 Å². The Morgan fingerprint density at radius 3 is 2.40 bits per heavy atom. The fourth-order valence-corrected chi connectivity index (χ4v) is 5.71. The molecule has 1 aliphatic heterocycles. The monoisotopic (exact) mass is 577 g/mol. The maximum atomic E-state index is 13.1. The molecule has 1 amide bonds. The number of benzene rings is 2. The van der Waals surface area contributed by atoms with Crippen LogP contribution in [0.2, 0.25) is 5.02 Å². The van der Waals surface area contributed by atoms with Crippen LogP contribution in [0.4, 0.5) is 17.3 Å². The predicted molar refractivity (Wildman–Crippen MR) is 155 cm³/mol. The summed E-state index contributed by atoms with van der Waals surface area (Å²) in [5.74, 6) is 1.01. The molecule has 10 nitrogen and oxygen atoms in total. The van der Waals surface area contributed by atoms with Crippen LogP contribution in [-0.2, 0) is 14.8 Å². The van der Waals surface area contributed by atoms with Crippen LogP contribution >= 0.6 is 11.6 Å². The molecule has 0 bridgehead atoms. The van der Waals surface area contributed by atoms with E-state index in [0.717, 1.165) is 30.6 Å². The number of piperidine rings is 1. The molecule has 5 rings (SSSR count). The first-order valence-electron chi connectivity index (χ1n) is 12.8. The molecule has 1 saturated heterocycles. The highest BCUT2D eigenvalue weighted by atomic mass is 35.5. The molecule has 40 heavy (non-hydrogen) atoms. The molecule has 0 aliphatic carbocycles. The van der Waals surface area contributed by atoms with Gasteiger partial charge in [0.15, 0.2) is 5.82 Å². The highest BCUT2D eigenvalue weighted by Crippen LogP contribution is 2.25. The van der Waals surface area contributed by atoms with Gasteiger partial charge in [0.05, 0.1) is 16.5 Å². The van der Waals surface area contributed by atoms with Crippen LogP contribution in [0.15, 0.2) is 71.6 Å². The molecule has 3 heterocycles. The summed E-state index contributed by atoms with van der Waals surface area (Å²) in [6, 6.07) is 18.8. The second kappa shape index (κ2) is 11.6. The lowest BCUT2D eigenvalue weighted by atomic mass is 9.97. The van der Waals surface area contributed by atoms with Crippen molar-refractivity contribution in [3.05, 3.63) is 83.3 Å². The Hall–Kier alpha value is -4.09. The van der Waals surface area contributed by atoms with Crippen molar-refractivity contribution >= 4 is 44.9 Å². The van der Waals surface area contributed by atoms with E-state index in [4.69, 9.17) is 11.6 Å². The number of carbonyl (C=O) groups excluding carboxylic acids is 1. The number of aryl methyl sites for hydroxylation is 2. The Kier molecular flexibility index (Phi) is 7.95. The Morgan fingerprint density at radius 1 is 0.975 bits per heavy atom. The summed E-state index contributed by atoms with van der Waals surface area (Å²) in [7, 11) is -3.85. The third kappa shape index (κ3) is 6.54. The van der Waals surface area contributed by atoms with Gasteiger partial charge in [-0.2, -0.15) is 0 Å². The van der Waals surface area contributed by atoms with E-state index in [2.05, 4.69) is 35.1 Å². The van der Waals surface area contributed by atoms with E-state index in [0.29, 0.717) is 34.6 Å². The summed E-state index contributed by atoms with van der Waals surface area (Å²) in [5, 5.41) is 12.3. The van der Waals surface area contributed by atoms with Crippen LogP contribution in [0.5, 0.6) is 0 Å². The van der Waals surface area contributed by atoms with E-state index in [1.165, 1.54) is 12.1 Å². The van der Waals surface area contributed by atoms with Crippen molar-refractivity contribution in [2.45, 2.75) is 31.6 Å². The van der Waals surface area contributed by atoms with Gasteiger partial charge in [-0.05, 0) is 75.2 Å². The minimum Gasteiger partial charge on any atom is -0.354 e. The molecule has 12 heteroatoms. The third-order valence-electron chi connectivity index (χ3n) is 6.54. The SMILES string of the molecule is Cc1cc(NS(=O)(=O)c2ccc(NC(=O)C3CCCN(c4ccc(-c5ccc(Cl)cc5)nn4)C3)cc2)nc(C)n1. The van der Waals surface area contributed by atoms with Gasteiger partial charge >= 0.3 is 0 Å². The molecule has 2 aromatic heterocycles. The molecule has 1 atom stereocenters. The van der Waals surface area contributed by atoms with Crippen molar-refractivity contribution in [3.8, 4) is 11.3 Å². The number of aromatic nitrogens is 4. The Balaban J connectivity index is 1.20. The number of carbonyl (C=O) groups is 1. The van der Waals surface area contributed by atoms with Crippen LogP contribution in [0, 0.1) is 19.8 Å². The molecule has 0 spiro atoms. The van der Waals surface area contributed by atoms with Gasteiger partial charge in [0, 0.05) is 41.1 Å². The molecule has 1 unspecified atom stereocenters. The number of hydrogen-bond donors (Lipinski definition) is 2. The first-order chi connectivity index (χ1) is 19.2. The van der Waals surface area contributed by atoms with Gasteiger partial charge in [-0.3, -0.25) is 9.52 Å². The van der Waals surface area contributed by atoms with Crippen LogP contribution in [0.1, 0.15) is 24.4 Å². The number of sulfonamides is 1. The molecular formula is C28H28ClN7O3S. The van der Waals surface area contributed by atoms with Gasteiger partial charge in [0.2, 0.25) is 5.91 Å². The summed E-state index contributed by atoms with van der Waals surface area (Å²) in [4.78, 5) is 23.5. The molecule has 1 fully saturated rings. The number of hydrogen-bond acceptors (Lipinski definition) is 8. The van der Waals surface area contributed by atoms with E-state index >= 15 is 0 Å². The first kappa shape index (κ1) is 27.5. The standard InChI is InChI=1S/C28H28ClN7O3S/c1-18-16-26(31-19(2)30-18)35-40(38,39)24-11-9-23(10-12-24)32-28(37)21-4-3-15-36(17-21)27-14-13-25(33-34-27)20-5-7-22(29)8-6-20/h5-14,16,21H,3-4,15,17H2,1-2H3,(H,32,37)(H,30,31,35). The van der Waals surface area contributed by atoms with Gasteiger partial charge in [-0.15, -0.1) is 10.2 Å². The number of anilines is 3. The minimum atomic E-state index is -3.85. The fourth-order valence-electron chi connectivity index (χ4n) is 4.60. The van der Waals surface area contributed by atoms with Crippen molar-refractivity contribution in [1.29, 1.82) is 0 Å². The summed E-state index contributed by atoms with van der Waals surface area (Å²) < 4.78 is 28.1. The van der Waals surface area contributed by atoms with E-state index in [1.807, 2.05) is 36.4 Å². The zero-order valence-electron chi connectivity index (χ0n) is 22.0. The quantitative estimate of drug-likeness (QED) is 0.318. The van der Waals surface area contributed by atoms with Crippen LogP contribution in [0.3, 0.4) is 0 Å². The van der Waals surface area contributed by atoms with Crippen molar-refractivity contribution in [2.24, 2.45) is 5.92 Å². The second-order valence-electron chi connectivity index (χ2n) is 9.63. The maximum Gasteiger partial charge on any atom is 0.263 e. The summed E-state index contributed by atoms with van der Waals surface area (Å²) in [5.41, 5.74) is 2.84. The van der Waals surface area contributed by atoms with Crippen LogP contribution in [0.25, 0.3) is 11.3 Å². The summed E-state index contributed by atoms with van der Waals surface area (Å²) >= 11 is 5.97. The first-order valence-corrected chi connectivity index (χ1v) is 14.6. The Labute approximate surface area is 237 Å². The van der Waals surface area contributed by atoms with E-state index in [-0.39, 0.29) is 22.5 Å². The smallest absolute Gasteiger partial charge is 0.263 e. The average molecular weight is 578 g/mol. The van der Waals surface area contributed by atoms with Gasteiger partial charge in [-0.1, -0.05) is 23.7 Å². The Morgan fingerprint density at radius 2 is 1.73 bits per heavy atom. The van der Waals surface area contributed by atoms with Gasteiger partial charge < -0.3 is 10.2 Å².